The first-order valence-electron chi connectivity index (χ1n) is 10.6. The molecule has 0 spiro atoms. The Balaban J connectivity index is 1.73. The minimum Gasteiger partial charge on any atom is -0.366 e. The van der Waals surface area contributed by atoms with Crippen LogP contribution in [0.25, 0.3) is 0 Å². The van der Waals surface area contributed by atoms with Crippen LogP contribution >= 0.6 is 0 Å². The second kappa shape index (κ2) is 10.9. The molecular formula is C23H23F4N5O3S. The van der Waals surface area contributed by atoms with Crippen LogP contribution in [0, 0.1) is 5.82 Å². The number of nitrogens with zero attached hydrogens (tertiary/aromatic N) is 2. The lowest BCUT2D eigenvalue weighted by atomic mass is 9.99. The molecule has 1 unspecified atom stereocenters. The molecule has 0 fully saturated rings. The molecule has 0 radical (unpaired) electrons. The van der Waals surface area contributed by atoms with E-state index < -0.39 is 39.5 Å². The highest BCUT2D eigenvalue weighted by Crippen LogP contribution is 2.30. The molecule has 0 aliphatic heterocycles. The van der Waals surface area contributed by atoms with Crippen LogP contribution in [0.4, 0.5) is 29.1 Å². The van der Waals surface area contributed by atoms with Crippen LogP contribution < -0.4 is 15.4 Å². The molecule has 0 aliphatic carbocycles. The highest BCUT2D eigenvalue weighted by Gasteiger charge is 2.33. The standard InChI is InChI=1S/C23H23F4N5O3S/c1-14(16-3-5-19(18(24)11-16)32-36(2,34)35)22(33)30-13-17-4-6-20(23(25,26)27)31-21(17)29-12-15-7-9-28-10-8-15/h3-11,14,32H,12-13H2,1-2H3,(H,29,31)(H,30,33). The summed E-state index contributed by atoms with van der Waals surface area (Å²) in [6.45, 7) is 1.56. The van der Waals surface area contributed by atoms with Crippen LogP contribution in [0.15, 0.2) is 54.9 Å². The first-order chi connectivity index (χ1) is 16.8. The number of benzene rings is 1. The van der Waals surface area contributed by atoms with Crippen LogP contribution in [0.3, 0.4) is 0 Å². The second-order valence-corrected chi connectivity index (χ2v) is 9.71. The van der Waals surface area contributed by atoms with Crippen molar-refractivity contribution in [2.45, 2.75) is 32.1 Å². The monoisotopic (exact) mass is 525 g/mol. The van der Waals surface area contributed by atoms with Gasteiger partial charge in [-0.15, -0.1) is 0 Å². The van der Waals surface area contributed by atoms with Gasteiger partial charge in [0.2, 0.25) is 15.9 Å². The number of alkyl halides is 3. The number of amides is 1. The van der Waals surface area contributed by atoms with E-state index in [1.165, 1.54) is 25.1 Å². The van der Waals surface area contributed by atoms with Crippen molar-refractivity contribution in [2.24, 2.45) is 0 Å². The topological polar surface area (TPSA) is 113 Å². The SMILES string of the molecule is CC(C(=O)NCc1ccc(C(F)(F)F)nc1NCc1ccncc1)c1ccc(NS(C)(=O)=O)c(F)c1. The molecule has 1 aromatic carbocycles. The zero-order valence-corrected chi connectivity index (χ0v) is 20.0. The van der Waals surface area contributed by atoms with Crippen LogP contribution in [0.5, 0.6) is 0 Å². The number of hydrogen-bond acceptors (Lipinski definition) is 6. The van der Waals surface area contributed by atoms with E-state index in [0.29, 0.717) is 5.56 Å². The van der Waals surface area contributed by atoms with Gasteiger partial charge in [0.05, 0.1) is 17.9 Å². The van der Waals surface area contributed by atoms with E-state index in [2.05, 4.69) is 20.6 Å². The summed E-state index contributed by atoms with van der Waals surface area (Å²) in [5.41, 5.74) is 0.0295. The van der Waals surface area contributed by atoms with Crippen molar-refractivity contribution in [3.05, 3.63) is 83.1 Å². The van der Waals surface area contributed by atoms with Crippen LogP contribution in [0.1, 0.15) is 35.2 Å². The number of carbonyl (C=O) groups excluding carboxylic acids is 1. The van der Waals surface area contributed by atoms with E-state index in [1.54, 1.807) is 24.5 Å². The number of rotatable bonds is 9. The Labute approximate surface area is 205 Å². The number of aromatic nitrogens is 2. The second-order valence-electron chi connectivity index (χ2n) is 7.96. The highest BCUT2D eigenvalue weighted by atomic mass is 32.2. The van der Waals surface area contributed by atoms with Crippen molar-refractivity contribution >= 4 is 27.4 Å². The van der Waals surface area contributed by atoms with Gasteiger partial charge in [0.1, 0.15) is 17.3 Å². The minimum absolute atomic E-state index is 0.0446. The summed E-state index contributed by atoms with van der Waals surface area (Å²) in [5.74, 6) is -2.25. The molecule has 0 saturated carbocycles. The first kappa shape index (κ1) is 26.9. The molecule has 0 bridgehead atoms. The van der Waals surface area contributed by atoms with Crippen molar-refractivity contribution in [1.82, 2.24) is 15.3 Å². The highest BCUT2D eigenvalue weighted by molar-refractivity contribution is 7.92. The Morgan fingerprint density at radius 3 is 2.36 bits per heavy atom. The van der Waals surface area contributed by atoms with Gasteiger partial charge in [-0.05, 0) is 48.4 Å². The van der Waals surface area contributed by atoms with Gasteiger partial charge < -0.3 is 10.6 Å². The predicted molar refractivity (Wildman–Crippen MR) is 126 cm³/mol. The van der Waals surface area contributed by atoms with Crippen molar-refractivity contribution in [1.29, 1.82) is 0 Å². The van der Waals surface area contributed by atoms with Crippen LogP contribution in [-0.2, 0) is 34.1 Å². The summed E-state index contributed by atoms with van der Waals surface area (Å²) in [6, 6.07) is 9.09. The number of pyridine rings is 2. The Morgan fingerprint density at radius 2 is 1.75 bits per heavy atom. The molecule has 2 aromatic heterocycles. The fourth-order valence-electron chi connectivity index (χ4n) is 3.20. The Kier molecular flexibility index (Phi) is 8.13. The Hall–Kier alpha value is -3.74. The average molecular weight is 526 g/mol. The molecule has 3 aromatic rings. The molecule has 1 atom stereocenters. The molecule has 1 amide bonds. The summed E-state index contributed by atoms with van der Waals surface area (Å²) in [4.78, 5) is 20.3. The minimum atomic E-state index is -4.65. The number of carbonyl (C=O) groups is 1. The lowest BCUT2D eigenvalue weighted by molar-refractivity contribution is -0.141. The third-order valence-electron chi connectivity index (χ3n) is 5.11. The normalized spacial score (nSPS) is 12.6. The lowest BCUT2D eigenvalue weighted by Crippen LogP contribution is -2.28. The maximum atomic E-state index is 14.3. The zero-order valence-electron chi connectivity index (χ0n) is 19.2. The van der Waals surface area contributed by atoms with Gasteiger partial charge >= 0.3 is 6.18 Å². The van der Waals surface area contributed by atoms with Crippen molar-refractivity contribution in [2.75, 3.05) is 16.3 Å². The molecule has 36 heavy (non-hydrogen) atoms. The Morgan fingerprint density at radius 1 is 1.06 bits per heavy atom. The first-order valence-corrected chi connectivity index (χ1v) is 12.5. The summed E-state index contributed by atoms with van der Waals surface area (Å²) < 4.78 is 78.5. The van der Waals surface area contributed by atoms with E-state index in [4.69, 9.17) is 0 Å². The van der Waals surface area contributed by atoms with Crippen molar-refractivity contribution in [3.63, 3.8) is 0 Å². The van der Waals surface area contributed by atoms with Gasteiger partial charge in [0.25, 0.3) is 0 Å². The zero-order chi connectivity index (χ0) is 26.5. The molecule has 3 N–H and O–H groups in total. The fourth-order valence-corrected chi connectivity index (χ4v) is 3.76. The van der Waals surface area contributed by atoms with E-state index >= 15 is 0 Å². The molecule has 0 aliphatic rings. The molecular weight excluding hydrogens is 502 g/mol. The molecule has 3 rings (SSSR count). The van der Waals surface area contributed by atoms with Gasteiger partial charge in [-0.1, -0.05) is 12.1 Å². The number of halogens is 4. The molecule has 13 heteroatoms. The van der Waals surface area contributed by atoms with Gasteiger partial charge in [-0.3, -0.25) is 14.5 Å². The van der Waals surface area contributed by atoms with E-state index in [-0.39, 0.29) is 30.2 Å². The smallest absolute Gasteiger partial charge is 0.366 e. The number of anilines is 2. The lowest BCUT2D eigenvalue weighted by Gasteiger charge is -2.17. The molecule has 8 nitrogen and oxygen atoms in total. The molecule has 0 saturated heterocycles. The van der Waals surface area contributed by atoms with Crippen molar-refractivity contribution < 1.29 is 30.8 Å². The third kappa shape index (κ3) is 7.38. The van der Waals surface area contributed by atoms with E-state index in [0.717, 1.165) is 24.0 Å². The van der Waals surface area contributed by atoms with Crippen molar-refractivity contribution in [3.8, 4) is 0 Å². The summed E-state index contributed by atoms with van der Waals surface area (Å²) >= 11 is 0. The van der Waals surface area contributed by atoms with E-state index in [9.17, 15) is 30.8 Å². The summed E-state index contributed by atoms with van der Waals surface area (Å²) in [7, 11) is -3.68. The maximum absolute atomic E-state index is 14.3. The molecule has 2 heterocycles. The van der Waals surface area contributed by atoms with Gasteiger partial charge in [-0.25, -0.2) is 17.8 Å². The van der Waals surface area contributed by atoms with Gasteiger partial charge in [0, 0.05) is 31.0 Å². The average Bonchev–Trinajstić information content (AvgIpc) is 2.81. The van der Waals surface area contributed by atoms with Gasteiger partial charge in [0.15, 0.2) is 0 Å². The Bertz CT molecular complexity index is 1340. The largest absolute Gasteiger partial charge is 0.433 e. The number of sulfonamides is 1. The predicted octanol–water partition coefficient (Wildman–Crippen LogP) is 4.04. The summed E-state index contributed by atoms with van der Waals surface area (Å²) in [5, 5.41) is 5.49. The van der Waals surface area contributed by atoms with E-state index in [1.807, 2.05) is 4.72 Å². The molecule has 192 valence electrons. The third-order valence-corrected chi connectivity index (χ3v) is 5.70. The fraction of sp³-hybridized carbons (Fsp3) is 0.261. The maximum Gasteiger partial charge on any atom is 0.433 e. The number of hydrogen-bond donors (Lipinski definition) is 3. The number of nitrogens with one attached hydrogen (secondary N) is 3. The van der Waals surface area contributed by atoms with Crippen LogP contribution in [-0.4, -0.2) is 30.5 Å². The van der Waals surface area contributed by atoms with Gasteiger partial charge in [-0.2, -0.15) is 13.2 Å². The quantitative estimate of drug-likeness (QED) is 0.364. The van der Waals surface area contributed by atoms with Crippen LogP contribution in [0.2, 0.25) is 0 Å². The summed E-state index contributed by atoms with van der Waals surface area (Å²) in [6.07, 6.45) is -0.671.